The molecule has 1 aromatic carbocycles. The minimum absolute atomic E-state index is 0.0635. The maximum atomic E-state index is 14.0. The second kappa shape index (κ2) is 7.81. The predicted molar refractivity (Wildman–Crippen MR) is 124 cm³/mol. The van der Waals surface area contributed by atoms with Crippen LogP contribution in [0.1, 0.15) is 54.7 Å². The van der Waals surface area contributed by atoms with Crippen LogP contribution < -0.4 is 10.5 Å². The highest BCUT2D eigenvalue weighted by Crippen LogP contribution is 2.53. The highest BCUT2D eigenvalue weighted by molar-refractivity contribution is 5.63. The number of H-pyrrole nitrogens is 1. The Morgan fingerprint density at radius 2 is 1.97 bits per heavy atom. The van der Waals surface area contributed by atoms with Crippen LogP contribution in [-0.4, -0.2) is 47.1 Å². The normalized spacial score (nSPS) is 23.8. The number of hydrogen-bond acceptors (Lipinski definition) is 5. The molecule has 0 bridgehead atoms. The van der Waals surface area contributed by atoms with E-state index in [2.05, 4.69) is 20.9 Å². The first-order chi connectivity index (χ1) is 16.0. The van der Waals surface area contributed by atoms with Gasteiger partial charge in [-0.1, -0.05) is 6.08 Å². The minimum atomic E-state index is -0.459. The molecule has 1 saturated heterocycles. The van der Waals surface area contributed by atoms with Crippen LogP contribution in [0, 0.1) is 22.6 Å². The highest BCUT2D eigenvalue weighted by Gasteiger charge is 2.45. The molecule has 4 aliphatic rings. The van der Waals surface area contributed by atoms with Gasteiger partial charge in [-0.05, 0) is 74.1 Å². The molecule has 0 unspecified atom stereocenters. The maximum Gasteiger partial charge on any atom is 0.254 e. The summed E-state index contributed by atoms with van der Waals surface area (Å²) in [4.78, 5) is 25.4. The third kappa shape index (κ3) is 3.76. The van der Waals surface area contributed by atoms with Gasteiger partial charge in [0, 0.05) is 43.5 Å². The van der Waals surface area contributed by atoms with Crippen LogP contribution in [0.15, 0.2) is 29.1 Å². The predicted octanol–water partition coefficient (Wildman–Crippen LogP) is 3.42. The fourth-order valence-electron chi connectivity index (χ4n) is 5.83. The van der Waals surface area contributed by atoms with Crippen LogP contribution in [0.4, 0.5) is 10.1 Å². The molecule has 3 aliphatic carbocycles. The number of benzene rings is 1. The van der Waals surface area contributed by atoms with E-state index in [1.807, 2.05) is 12.1 Å². The van der Waals surface area contributed by atoms with E-state index in [-0.39, 0.29) is 11.1 Å². The summed E-state index contributed by atoms with van der Waals surface area (Å²) < 4.78 is 14.0. The van der Waals surface area contributed by atoms with Gasteiger partial charge in [0.1, 0.15) is 17.7 Å². The first-order valence-electron chi connectivity index (χ1n) is 12.1. The molecule has 1 aliphatic heterocycles. The molecular formula is C26H28FN5O. The number of piperazine rings is 1. The van der Waals surface area contributed by atoms with Gasteiger partial charge in [0.15, 0.2) is 0 Å². The molecule has 170 valence electrons. The lowest BCUT2D eigenvalue weighted by atomic mass is 9.84. The molecule has 1 saturated carbocycles. The van der Waals surface area contributed by atoms with Gasteiger partial charge < -0.3 is 9.88 Å². The number of aromatic nitrogens is 2. The largest absolute Gasteiger partial charge is 0.369 e. The third-order valence-electron chi connectivity index (χ3n) is 8.13. The molecule has 2 heterocycles. The number of allylic oxidation sites excluding steroid dienone is 1. The van der Waals surface area contributed by atoms with Crippen molar-refractivity contribution < 1.29 is 4.39 Å². The van der Waals surface area contributed by atoms with Crippen LogP contribution in [0.5, 0.6) is 0 Å². The second-order valence-corrected chi connectivity index (χ2v) is 10.1. The molecule has 1 atom stereocenters. The molecule has 0 radical (unpaired) electrons. The first kappa shape index (κ1) is 20.6. The van der Waals surface area contributed by atoms with Gasteiger partial charge >= 0.3 is 0 Å². The van der Waals surface area contributed by atoms with Crippen molar-refractivity contribution in [2.24, 2.45) is 5.41 Å². The lowest BCUT2D eigenvalue weighted by molar-refractivity contribution is 0.214. The molecule has 1 spiro atoms. The molecule has 33 heavy (non-hydrogen) atoms. The first-order valence-corrected chi connectivity index (χ1v) is 12.1. The summed E-state index contributed by atoms with van der Waals surface area (Å²) in [6.45, 7) is 3.43. The number of nitrogens with zero attached hydrogens (tertiary/aromatic N) is 4. The van der Waals surface area contributed by atoms with E-state index < -0.39 is 5.82 Å². The number of anilines is 1. The Kier molecular flexibility index (Phi) is 4.88. The molecule has 2 aromatic rings. The van der Waals surface area contributed by atoms with E-state index in [1.54, 1.807) is 6.07 Å². The summed E-state index contributed by atoms with van der Waals surface area (Å²) in [5.41, 5.74) is 4.48. The van der Waals surface area contributed by atoms with E-state index in [1.165, 1.54) is 25.3 Å². The van der Waals surface area contributed by atoms with E-state index in [9.17, 15) is 9.18 Å². The van der Waals surface area contributed by atoms with E-state index in [0.29, 0.717) is 11.5 Å². The SMILES string of the molecule is N#Cc1ccc(N2CCN([C@H]3C=C(c4nc5c(c(=O)[nH]4)CC4(CC5)CC4)CC3)CC2)cc1F. The van der Waals surface area contributed by atoms with Crippen molar-refractivity contribution >= 4 is 11.3 Å². The summed E-state index contributed by atoms with van der Waals surface area (Å²) in [5.74, 6) is 0.305. The molecular weight excluding hydrogens is 417 g/mol. The van der Waals surface area contributed by atoms with E-state index >= 15 is 0 Å². The number of nitriles is 1. The zero-order chi connectivity index (χ0) is 22.6. The topological polar surface area (TPSA) is 76.0 Å². The van der Waals surface area contributed by atoms with Crippen LogP contribution in [-0.2, 0) is 12.8 Å². The number of hydrogen-bond donors (Lipinski definition) is 1. The third-order valence-corrected chi connectivity index (χ3v) is 8.13. The van der Waals surface area contributed by atoms with Crippen molar-refractivity contribution in [3.05, 3.63) is 63.1 Å². The molecule has 1 N–H and O–H groups in total. The number of rotatable bonds is 3. The second-order valence-electron chi connectivity index (χ2n) is 10.1. The van der Waals surface area contributed by atoms with Crippen LogP contribution in [0.3, 0.4) is 0 Å². The van der Waals surface area contributed by atoms with Crippen LogP contribution in [0.25, 0.3) is 5.57 Å². The zero-order valence-electron chi connectivity index (χ0n) is 18.7. The van der Waals surface area contributed by atoms with Crippen molar-refractivity contribution in [3.8, 4) is 6.07 Å². The number of aromatic amines is 1. The fraction of sp³-hybridized carbons (Fsp3) is 0.500. The Bertz CT molecular complexity index is 1230. The maximum absolute atomic E-state index is 14.0. The lowest BCUT2D eigenvalue weighted by Crippen LogP contribution is -2.49. The highest BCUT2D eigenvalue weighted by atomic mass is 19.1. The molecule has 1 aromatic heterocycles. The number of nitrogens with one attached hydrogen (secondary N) is 1. The molecule has 0 amide bonds. The van der Waals surface area contributed by atoms with Gasteiger partial charge in [-0.2, -0.15) is 5.26 Å². The van der Waals surface area contributed by atoms with Crippen molar-refractivity contribution in [1.82, 2.24) is 14.9 Å². The Balaban J connectivity index is 1.13. The Labute approximate surface area is 192 Å². The van der Waals surface area contributed by atoms with Crippen LogP contribution in [0.2, 0.25) is 0 Å². The number of aryl methyl sites for hydroxylation is 1. The Morgan fingerprint density at radius 1 is 1.15 bits per heavy atom. The summed E-state index contributed by atoms with van der Waals surface area (Å²) >= 11 is 0. The lowest BCUT2D eigenvalue weighted by Gasteiger charge is -2.38. The minimum Gasteiger partial charge on any atom is -0.369 e. The quantitative estimate of drug-likeness (QED) is 0.784. The molecule has 6 nitrogen and oxygen atoms in total. The van der Waals surface area contributed by atoms with Gasteiger partial charge in [0.25, 0.3) is 5.56 Å². The van der Waals surface area contributed by atoms with Crippen molar-refractivity contribution in [1.29, 1.82) is 5.26 Å². The molecule has 6 rings (SSSR count). The molecule has 7 heteroatoms. The Hall–Kier alpha value is -2.98. The van der Waals surface area contributed by atoms with Crippen molar-refractivity contribution in [3.63, 3.8) is 0 Å². The van der Waals surface area contributed by atoms with Gasteiger partial charge in [0.2, 0.25) is 0 Å². The summed E-state index contributed by atoms with van der Waals surface area (Å²) in [7, 11) is 0. The van der Waals surface area contributed by atoms with Gasteiger partial charge in [0.05, 0.1) is 11.3 Å². The summed E-state index contributed by atoms with van der Waals surface area (Å²) in [6, 6.07) is 7.07. The van der Waals surface area contributed by atoms with E-state index in [4.69, 9.17) is 10.2 Å². The van der Waals surface area contributed by atoms with Gasteiger partial charge in [-0.25, -0.2) is 9.37 Å². The van der Waals surface area contributed by atoms with Crippen molar-refractivity contribution in [2.45, 2.75) is 51.0 Å². The van der Waals surface area contributed by atoms with Gasteiger partial charge in [-0.15, -0.1) is 0 Å². The summed E-state index contributed by atoms with van der Waals surface area (Å²) in [5, 5.41) is 8.94. The number of fused-ring (bicyclic) bond motifs is 1. The monoisotopic (exact) mass is 445 g/mol. The standard InChI is InChI=1S/C26H28FN5O/c27-22-14-20(4-2-18(22)16-28)32-11-9-31(10-12-32)19-3-1-17(13-19)24-29-23-5-6-26(7-8-26)15-21(23)25(33)30-24/h2,4,13-14,19H,1,3,5-12,15H2,(H,29,30,33)/t19-/m1/s1. The molecule has 2 fully saturated rings. The summed E-state index contributed by atoms with van der Waals surface area (Å²) in [6.07, 6.45) is 9.77. The fourth-order valence-corrected chi connectivity index (χ4v) is 5.83. The van der Waals surface area contributed by atoms with E-state index in [0.717, 1.165) is 80.2 Å². The van der Waals surface area contributed by atoms with Gasteiger partial charge in [-0.3, -0.25) is 9.69 Å². The van der Waals surface area contributed by atoms with Crippen LogP contribution >= 0.6 is 0 Å². The number of halogens is 1. The average molecular weight is 446 g/mol. The van der Waals surface area contributed by atoms with Crippen molar-refractivity contribution in [2.75, 3.05) is 31.1 Å². The smallest absolute Gasteiger partial charge is 0.254 e. The zero-order valence-corrected chi connectivity index (χ0v) is 18.7. The average Bonchev–Trinajstić information content (AvgIpc) is 3.39. The Morgan fingerprint density at radius 3 is 2.70 bits per heavy atom.